The van der Waals surface area contributed by atoms with Crippen LogP contribution in [0.3, 0.4) is 0 Å². The Kier molecular flexibility index (Phi) is 4.03. The number of rotatable bonds is 1. The highest BCUT2D eigenvalue weighted by Gasteiger charge is 2.39. The number of nitrogens with zero attached hydrogens (tertiary/aromatic N) is 5. The van der Waals surface area contributed by atoms with Crippen LogP contribution in [0, 0.1) is 5.92 Å². The number of anilines is 1. The second kappa shape index (κ2) is 6.31. The minimum atomic E-state index is 0.184. The molecule has 1 aromatic heterocycles. The zero-order valence-electron chi connectivity index (χ0n) is 13.3. The van der Waals surface area contributed by atoms with Crippen molar-refractivity contribution in [2.24, 2.45) is 5.92 Å². The predicted octanol–water partition coefficient (Wildman–Crippen LogP) is 0.829. The van der Waals surface area contributed by atoms with Gasteiger partial charge in [-0.3, -0.25) is 4.98 Å². The van der Waals surface area contributed by atoms with E-state index in [1.807, 2.05) is 11.1 Å². The minimum Gasteiger partial charge on any atom is -0.378 e. The van der Waals surface area contributed by atoms with Crippen molar-refractivity contribution in [3.05, 3.63) is 18.6 Å². The first-order valence-corrected chi connectivity index (χ1v) is 8.45. The van der Waals surface area contributed by atoms with E-state index in [1.54, 1.807) is 12.4 Å². The van der Waals surface area contributed by atoms with Crippen molar-refractivity contribution in [1.29, 1.82) is 0 Å². The molecule has 4 aliphatic rings. The van der Waals surface area contributed by atoms with E-state index in [9.17, 15) is 4.79 Å². The molecule has 7 nitrogen and oxygen atoms in total. The van der Waals surface area contributed by atoms with Crippen molar-refractivity contribution in [3.63, 3.8) is 0 Å². The number of hydrogen-bond acceptors (Lipinski definition) is 5. The van der Waals surface area contributed by atoms with Gasteiger partial charge in [-0.05, 0) is 18.8 Å². The summed E-state index contributed by atoms with van der Waals surface area (Å²) in [5.74, 6) is 1.44. The van der Waals surface area contributed by atoms with E-state index < -0.39 is 0 Å². The van der Waals surface area contributed by atoms with Gasteiger partial charge in [-0.2, -0.15) is 0 Å². The molecule has 7 heteroatoms. The zero-order chi connectivity index (χ0) is 15.6. The largest absolute Gasteiger partial charge is 0.378 e. The van der Waals surface area contributed by atoms with E-state index in [2.05, 4.69) is 19.8 Å². The smallest absolute Gasteiger partial charge is 0.320 e. The molecular formula is C16H23N5O2. The monoisotopic (exact) mass is 317 g/mol. The normalized spacial score (nSPS) is 27.9. The van der Waals surface area contributed by atoms with Crippen molar-refractivity contribution >= 4 is 11.8 Å². The van der Waals surface area contributed by atoms with Gasteiger partial charge in [-0.25, -0.2) is 9.78 Å². The number of urea groups is 1. The summed E-state index contributed by atoms with van der Waals surface area (Å²) < 4.78 is 5.36. The van der Waals surface area contributed by atoms with E-state index in [0.29, 0.717) is 32.2 Å². The number of carbonyl (C=O) groups is 1. The van der Waals surface area contributed by atoms with Crippen LogP contribution < -0.4 is 4.90 Å². The molecule has 0 unspecified atom stereocenters. The Hall–Kier alpha value is -1.89. The lowest BCUT2D eigenvalue weighted by molar-refractivity contribution is 0.0345. The highest BCUT2D eigenvalue weighted by Crippen LogP contribution is 2.30. The molecule has 0 aliphatic carbocycles. The third kappa shape index (κ3) is 2.97. The lowest BCUT2D eigenvalue weighted by Gasteiger charge is -2.40. The number of aromatic nitrogens is 2. The number of amides is 2. The van der Waals surface area contributed by atoms with Crippen LogP contribution in [0.4, 0.5) is 10.6 Å². The molecule has 2 amide bonds. The van der Waals surface area contributed by atoms with Crippen molar-refractivity contribution in [3.8, 4) is 0 Å². The average molecular weight is 317 g/mol. The van der Waals surface area contributed by atoms with Gasteiger partial charge in [0.2, 0.25) is 0 Å². The van der Waals surface area contributed by atoms with Crippen LogP contribution in [-0.4, -0.2) is 77.8 Å². The Bertz CT molecular complexity index is 549. The molecule has 5 rings (SSSR count). The Labute approximate surface area is 136 Å². The molecule has 2 bridgehead atoms. The lowest BCUT2D eigenvalue weighted by Crippen LogP contribution is -2.55. The standard InChI is InChI=1S/C16H23N5O2/c22-16(19-5-7-23-8-6-19)21-11-13-1-2-14(21)12-20(10-13)15-9-17-3-4-18-15/h3-4,9,13-14H,1-2,5-8,10-12H2/t13-,14+/m0/s1. The molecule has 23 heavy (non-hydrogen) atoms. The summed E-state index contributed by atoms with van der Waals surface area (Å²) in [5.41, 5.74) is 0. The molecule has 5 heterocycles. The summed E-state index contributed by atoms with van der Waals surface area (Å²) in [6, 6.07) is 0.454. The molecule has 124 valence electrons. The van der Waals surface area contributed by atoms with Gasteiger partial charge in [0.25, 0.3) is 0 Å². The zero-order valence-corrected chi connectivity index (χ0v) is 13.3. The van der Waals surface area contributed by atoms with Crippen LogP contribution in [0.15, 0.2) is 18.6 Å². The van der Waals surface area contributed by atoms with Crippen LogP contribution in [-0.2, 0) is 4.74 Å². The number of hydrogen-bond donors (Lipinski definition) is 0. The summed E-state index contributed by atoms with van der Waals surface area (Å²) in [6.45, 7) is 5.39. The third-order valence-electron chi connectivity index (χ3n) is 5.11. The quantitative estimate of drug-likeness (QED) is 0.768. The predicted molar refractivity (Wildman–Crippen MR) is 85.3 cm³/mol. The fourth-order valence-corrected chi connectivity index (χ4v) is 3.89. The first kappa shape index (κ1) is 14.7. The second-order valence-corrected chi connectivity index (χ2v) is 6.60. The van der Waals surface area contributed by atoms with Crippen molar-refractivity contribution in [1.82, 2.24) is 19.8 Å². The molecule has 0 N–H and O–H groups in total. The number of ether oxygens (including phenoxy) is 1. The number of fused-ring (bicyclic) bond motifs is 4. The molecule has 0 saturated carbocycles. The summed E-state index contributed by atoms with van der Waals surface area (Å²) in [5, 5.41) is 0. The SMILES string of the molecule is O=C(N1CCOCC1)N1C[C@H]2CC[C@@H]1CN(c1cnccn1)C2. The maximum atomic E-state index is 12.9. The highest BCUT2D eigenvalue weighted by atomic mass is 16.5. The fraction of sp³-hybridized carbons (Fsp3) is 0.688. The number of piperidine rings is 1. The highest BCUT2D eigenvalue weighted by molar-refractivity contribution is 5.75. The van der Waals surface area contributed by atoms with Crippen LogP contribution in [0.1, 0.15) is 12.8 Å². The lowest BCUT2D eigenvalue weighted by atomic mass is 9.95. The van der Waals surface area contributed by atoms with Crippen LogP contribution in [0.5, 0.6) is 0 Å². The molecule has 1 aromatic rings. The Morgan fingerprint density at radius 2 is 2.00 bits per heavy atom. The molecule has 0 spiro atoms. The van der Waals surface area contributed by atoms with Gasteiger partial charge >= 0.3 is 6.03 Å². The van der Waals surface area contributed by atoms with Crippen molar-refractivity contribution < 1.29 is 9.53 Å². The Morgan fingerprint density at radius 1 is 1.13 bits per heavy atom. The first-order valence-electron chi connectivity index (χ1n) is 8.45. The van der Waals surface area contributed by atoms with E-state index in [1.165, 1.54) is 6.42 Å². The summed E-state index contributed by atoms with van der Waals surface area (Å²) in [4.78, 5) is 27.8. The van der Waals surface area contributed by atoms with E-state index in [4.69, 9.17) is 4.74 Å². The summed E-state index contributed by atoms with van der Waals surface area (Å²) >= 11 is 0. The molecule has 4 aliphatic heterocycles. The molecule has 4 saturated heterocycles. The average Bonchev–Trinajstić information content (AvgIpc) is 2.94. The van der Waals surface area contributed by atoms with E-state index in [0.717, 1.165) is 31.9 Å². The van der Waals surface area contributed by atoms with Gasteiger partial charge in [-0.1, -0.05) is 0 Å². The van der Waals surface area contributed by atoms with Gasteiger partial charge in [0.15, 0.2) is 0 Å². The number of morpholine rings is 1. The minimum absolute atomic E-state index is 0.184. The Morgan fingerprint density at radius 3 is 2.78 bits per heavy atom. The van der Waals surface area contributed by atoms with E-state index >= 15 is 0 Å². The Balaban J connectivity index is 1.50. The van der Waals surface area contributed by atoms with Gasteiger partial charge in [0.1, 0.15) is 5.82 Å². The maximum absolute atomic E-state index is 12.9. The molecular weight excluding hydrogens is 294 g/mol. The van der Waals surface area contributed by atoms with E-state index in [-0.39, 0.29) is 12.1 Å². The first-order chi connectivity index (χ1) is 11.3. The number of carbonyl (C=O) groups excluding carboxylic acids is 1. The maximum Gasteiger partial charge on any atom is 0.320 e. The van der Waals surface area contributed by atoms with Gasteiger partial charge in [0.05, 0.1) is 25.5 Å². The molecule has 0 aromatic carbocycles. The van der Waals surface area contributed by atoms with Gasteiger partial charge < -0.3 is 19.4 Å². The van der Waals surface area contributed by atoms with Crippen molar-refractivity contribution in [2.75, 3.05) is 50.8 Å². The molecule has 0 radical (unpaired) electrons. The van der Waals surface area contributed by atoms with Gasteiger partial charge in [-0.15, -0.1) is 0 Å². The van der Waals surface area contributed by atoms with Gasteiger partial charge in [0, 0.05) is 45.1 Å². The second-order valence-electron chi connectivity index (χ2n) is 6.60. The van der Waals surface area contributed by atoms with Crippen LogP contribution >= 0.6 is 0 Å². The van der Waals surface area contributed by atoms with Crippen LogP contribution in [0.25, 0.3) is 0 Å². The fourth-order valence-electron chi connectivity index (χ4n) is 3.89. The molecule has 4 fully saturated rings. The third-order valence-corrected chi connectivity index (χ3v) is 5.11. The topological polar surface area (TPSA) is 61.8 Å². The van der Waals surface area contributed by atoms with Crippen LogP contribution in [0.2, 0.25) is 0 Å². The summed E-state index contributed by atoms with van der Waals surface area (Å²) in [6.07, 6.45) is 7.52. The van der Waals surface area contributed by atoms with Crippen molar-refractivity contribution in [2.45, 2.75) is 18.9 Å². The molecule has 2 atom stereocenters. The summed E-state index contributed by atoms with van der Waals surface area (Å²) in [7, 11) is 0.